The predicted octanol–water partition coefficient (Wildman–Crippen LogP) is 2.37. The zero-order valence-electron chi connectivity index (χ0n) is 14.7. The molecule has 26 heavy (non-hydrogen) atoms. The summed E-state index contributed by atoms with van der Waals surface area (Å²) in [7, 11) is 0. The molecule has 7 nitrogen and oxygen atoms in total. The molecule has 2 aliphatic heterocycles. The summed E-state index contributed by atoms with van der Waals surface area (Å²) in [5, 5.41) is 3.83. The predicted molar refractivity (Wildman–Crippen MR) is 88.5 cm³/mol. The number of piperidine rings is 1. The number of nitrogens with zero attached hydrogens (tertiary/aromatic N) is 4. The van der Waals surface area contributed by atoms with Crippen molar-refractivity contribution < 1.29 is 18.4 Å². The van der Waals surface area contributed by atoms with E-state index in [0.29, 0.717) is 30.5 Å². The standard InChI is InChI=1S/C18H21FN4O3/c1-12-21-17(26-22-12)15-4-5-18(25-15)6-8-23(9-7-18)16(24)10-14-3-2-13(19)11-20-14/h2-3,11,15H,4-10H2,1H3. The molecule has 2 aromatic rings. The average molecular weight is 360 g/mol. The molecule has 138 valence electrons. The van der Waals surface area contributed by atoms with Crippen LogP contribution < -0.4 is 0 Å². The summed E-state index contributed by atoms with van der Waals surface area (Å²) in [5.74, 6) is 0.770. The number of hydrogen-bond donors (Lipinski definition) is 0. The lowest BCUT2D eigenvalue weighted by atomic mass is 9.88. The Morgan fingerprint density at radius 3 is 2.81 bits per heavy atom. The Bertz CT molecular complexity index is 784. The van der Waals surface area contributed by atoms with E-state index in [4.69, 9.17) is 9.26 Å². The first-order valence-electron chi connectivity index (χ1n) is 8.89. The summed E-state index contributed by atoms with van der Waals surface area (Å²) in [4.78, 5) is 22.5. The van der Waals surface area contributed by atoms with Crippen molar-refractivity contribution in [3.8, 4) is 0 Å². The van der Waals surface area contributed by atoms with Crippen LogP contribution in [0.5, 0.6) is 0 Å². The molecular weight excluding hydrogens is 339 g/mol. The largest absolute Gasteiger partial charge is 0.362 e. The topological polar surface area (TPSA) is 81.4 Å². The van der Waals surface area contributed by atoms with Crippen LogP contribution in [0, 0.1) is 12.7 Å². The number of ether oxygens (including phenoxy) is 1. The molecule has 0 aliphatic carbocycles. The number of halogens is 1. The van der Waals surface area contributed by atoms with Gasteiger partial charge in [-0.05, 0) is 44.7 Å². The van der Waals surface area contributed by atoms with Gasteiger partial charge in [0.1, 0.15) is 11.9 Å². The summed E-state index contributed by atoms with van der Waals surface area (Å²) in [6.45, 7) is 3.09. The summed E-state index contributed by atoms with van der Waals surface area (Å²) in [6.07, 6.45) is 4.55. The fourth-order valence-corrected chi connectivity index (χ4v) is 3.74. The maximum atomic E-state index is 12.9. The number of pyridine rings is 1. The van der Waals surface area contributed by atoms with Crippen LogP contribution in [0.2, 0.25) is 0 Å². The zero-order valence-corrected chi connectivity index (χ0v) is 14.7. The van der Waals surface area contributed by atoms with Gasteiger partial charge in [0.15, 0.2) is 5.82 Å². The average Bonchev–Trinajstić information content (AvgIpc) is 3.24. The van der Waals surface area contributed by atoms with Crippen LogP contribution >= 0.6 is 0 Å². The Labute approximate surface area is 150 Å². The van der Waals surface area contributed by atoms with Gasteiger partial charge in [-0.3, -0.25) is 9.78 Å². The van der Waals surface area contributed by atoms with E-state index in [1.165, 1.54) is 6.07 Å². The van der Waals surface area contributed by atoms with Crippen molar-refractivity contribution in [2.24, 2.45) is 0 Å². The molecule has 0 aromatic carbocycles. The van der Waals surface area contributed by atoms with E-state index in [0.717, 1.165) is 31.9 Å². The SMILES string of the molecule is Cc1noc(C2CCC3(CCN(C(=O)Cc4ccc(F)cn4)CC3)O2)n1. The summed E-state index contributed by atoms with van der Waals surface area (Å²) < 4.78 is 24.4. The second kappa shape index (κ2) is 6.75. The first-order valence-corrected chi connectivity index (χ1v) is 8.89. The van der Waals surface area contributed by atoms with E-state index in [-0.39, 0.29) is 24.0 Å². The molecule has 2 saturated heterocycles. The Kier molecular flexibility index (Phi) is 4.44. The number of likely N-dealkylation sites (tertiary alicyclic amines) is 1. The van der Waals surface area contributed by atoms with Gasteiger partial charge in [-0.1, -0.05) is 5.16 Å². The van der Waals surface area contributed by atoms with Gasteiger partial charge >= 0.3 is 0 Å². The van der Waals surface area contributed by atoms with Crippen molar-refractivity contribution in [2.45, 2.75) is 50.7 Å². The van der Waals surface area contributed by atoms with Gasteiger partial charge in [-0.2, -0.15) is 4.98 Å². The molecule has 2 fully saturated rings. The smallest absolute Gasteiger partial charge is 0.255 e. The third-order valence-corrected chi connectivity index (χ3v) is 5.22. The number of rotatable bonds is 3. The number of aryl methyl sites for hydroxylation is 1. The van der Waals surface area contributed by atoms with Crippen molar-refractivity contribution in [3.05, 3.63) is 41.6 Å². The van der Waals surface area contributed by atoms with Crippen LogP contribution in [0.3, 0.4) is 0 Å². The third-order valence-electron chi connectivity index (χ3n) is 5.22. The highest BCUT2D eigenvalue weighted by Gasteiger charge is 2.45. The molecule has 2 aromatic heterocycles. The van der Waals surface area contributed by atoms with Crippen LogP contribution in [-0.4, -0.2) is 44.6 Å². The van der Waals surface area contributed by atoms with E-state index < -0.39 is 5.82 Å². The van der Waals surface area contributed by atoms with Crippen LogP contribution in [0.4, 0.5) is 4.39 Å². The molecule has 4 rings (SSSR count). The van der Waals surface area contributed by atoms with E-state index >= 15 is 0 Å². The highest BCUT2D eigenvalue weighted by atomic mass is 19.1. The van der Waals surface area contributed by atoms with Gasteiger partial charge < -0.3 is 14.2 Å². The second-order valence-electron chi connectivity index (χ2n) is 7.03. The van der Waals surface area contributed by atoms with E-state index in [2.05, 4.69) is 15.1 Å². The van der Waals surface area contributed by atoms with Gasteiger partial charge in [-0.15, -0.1) is 0 Å². The first kappa shape index (κ1) is 17.1. The molecule has 0 N–H and O–H groups in total. The molecule has 0 bridgehead atoms. The van der Waals surface area contributed by atoms with Crippen molar-refractivity contribution in [2.75, 3.05) is 13.1 Å². The lowest BCUT2D eigenvalue weighted by Crippen LogP contribution is -2.47. The quantitative estimate of drug-likeness (QED) is 0.836. The van der Waals surface area contributed by atoms with Gasteiger partial charge in [0.05, 0.1) is 18.2 Å². The molecule has 0 saturated carbocycles. The van der Waals surface area contributed by atoms with Crippen molar-refractivity contribution >= 4 is 5.91 Å². The van der Waals surface area contributed by atoms with Crippen molar-refractivity contribution in [3.63, 3.8) is 0 Å². The Balaban J connectivity index is 1.32. The molecule has 1 amide bonds. The summed E-state index contributed by atoms with van der Waals surface area (Å²) in [5.41, 5.74) is 0.374. The second-order valence-corrected chi connectivity index (χ2v) is 7.03. The molecule has 8 heteroatoms. The highest BCUT2D eigenvalue weighted by Crippen LogP contribution is 2.44. The fourth-order valence-electron chi connectivity index (χ4n) is 3.74. The molecule has 1 spiro atoms. The number of hydrogen-bond acceptors (Lipinski definition) is 6. The Morgan fingerprint density at radius 1 is 1.35 bits per heavy atom. The fraction of sp³-hybridized carbons (Fsp3) is 0.556. The normalized spacial score (nSPS) is 22.1. The number of amides is 1. The molecular formula is C18H21FN4O3. The number of carbonyl (C=O) groups excluding carboxylic acids is 1. The molecule has 2 aliphatic rings. The lowest BCUT2D eigenvalue weighted by Gasteiger charge is -2.39. The van der Waals surface area contributed by atoms with E-state index in [1.807, 2.05) is 4.90 Å². The minimum absolute atomic E-state index is 0.0148. The van der Waals surface area contributed by atoms with E-state index in [9.17, 15) is 9.18 Å². The maximum absolute atomic E-state index is 12.9. The first-order chi connectivity index (χ1) is 12.5. The minimum Gasteiger partial charge on any atom is -0.362 e. The Morgan fingerprint density at radius 2 is 2.15 bits per heavy atom. The third kappa shape index (κ3) is 3.46. The van der Waals surface area contributed by atoms with Gasteiger partial charge in [0.25, 0.3) is 5.89 Å². The maximum Gasteiger partial charge on any atom is 0.255 e. The van der Waals surface area contributed by atoms with E-state index in [1.54, 1.807) is 13.0 Å². The molecule has 4 heterocycles. The van der Waals surface area contributed by atoms with Gasteiger partial charge in [0.2, 0.25) is 5.91 Å². The Hall–Kier alpha value is -2.35. The van der Waals surface area contributed by atoms with Crippen LogP contribution in [0.15, 0.2) is 22.9 Å². The van der Waals surface area contributed by atoms with Crippen molar-refractivity contribution in [1.82, 2.24) is 20.0 Å². The van der Waals surface area contributed by atoms with Crippen LogP contribution in [0.25, 0.3) is 0 Å². The minimum atomic E-state index is -0.398. The van der Waals surface area contributed by atoms with Crippen LogP contribution in [0.1, 0.15) is 49.2 Å². The summed E-state index contributed by atoms with van der Waals surface area (Å²) in [6, 6.07) is 2.88. The lowest BCUT2D eigenvalue weighted by molar-refractivity contribution is -0.137. The number of aromatic nitrogens is 3. The van der Waals surface area contributed by atoms with Gasteiger partial charge in [0, 0.05) is 18.8 Å². The van der Waals surface area contributed by atoms with Crippen molar-refractivity contribution in [1.29, 1.82) is 0 Å². The molecule has 1 unspecified atom stereocenters. The molecule has 0 radical (unpaired) electrons. The number of carbonyl (C=O) groups is 1. The van der Waals surface area contributed by atoms with Gasteiger partial charge in [-0.25, -0.2) is 4.39 Å². The van der Waals surface area contributed by atoms with Crippen LogP contribution in [-0.2, 0) is 16.0 Å². The monoisotopic (exact) mass is 360 g/mol. The zero-order chi connectivity index (χ0) is 18.1. The summed E-state index contributed by atoms with van der Waals surface area (Å²) >= 11 is 0. The highest BCUT2D eigenvalue weighted by molar-refractivity contribution is 5.78. The molecule has 1 atom stereocenters.